The summed E-state index contributed by atoms with van der Waals surface area (Å²) < 4.78 is 0. The molecule has 1 fully saturated rings. The molecule has 1 saturated heterocycles. The summed E-state index contributed by atoms with van der Waals surface area (Å²) in [4.78, 5) is 13.3. The van der Waals surface area contributed by atoms with Crippen molar-refractivity contribution in [3.8, 4) is 0 Å². The van der Waals surface area contributed by atoms with Gasteiger partial charge in [0.1, 0.15) is 6.61 Å². The fourth-order valence-corrected chi connectivity index (χ4v) is 2.08. The summed E-state index contributed by atoms with van der Waals surface area (Å²) in [5.41, 5.74) is 0. The average Bonchev–Trinajstić information content (AvgIpc) is 2.61. The highest BCUT2D eigenvalue weighted by atomic mass is 16.3. The van der Waals surface area contributed by atoms with Gasteiger partial charge in [0.05, 0.1) is 0 Å². The molecule has 15 heavy (non-hydrogen) atoms. The first-order valence-corrected chi connectivity index (χ1v) is 5.71. The molecule has 0 aromatic rings. The number of carbonyl (C=O) groups is 1. The van der Waals surface area contributed by atoms with Crippen LogP contribution in [0.25, 0.3) is 0 Å². The SMILES string of the molecule is CC(C)CN1CC[C@@H](CNC(=O)CO)C1. The minimum absolute atomic E-state index is 0.266. The number of carbonyl (C=O) groups excluding carboxylic acids is 1. The highest BCUT2D eigenvalue weighted by molar-refractivity contribution is 5.76. The second-order valence-electron chi connectivity index (χ2n) is 4.77. The molecule has 0 saturated carbocycles. The Kier molecular flexibility index (Phi) is 5.05. The zero-order valence-corrected chi connectivity index (χ0v) is 9.70. The summed E-state index contributed by atoms with van der Waals surface area (Å²) in [7, 11) is 0. The van der Waals surface area contributed by atoms with Gasteiger partial charge in [-0.25, -0.2) is 0 Å². The van der Waals surface area contributed by atoms with Crippen LogP contribution in [0, 0.1) is 11.8 Å². The Bertz CT molecular complexity index is 207. The van der Waals surface area contributed by atoms with E-state index in [2.05, 4.69) is 24.1 Å². The summed E-state index contributed by atoms with van der Waals surface area (Å²) >= 11 is 0. The van der Waals surface area contributed by atoms with Crippen molar-refractivity contribution in [2.45, 2.75) is 20.3 Å². The van der Waals surface area contributed by atoms with Crippen LogP contribution in [-0.4, -0.2) is 48.7 Å². The maximum atomic E-state index is 10.9. The van der Waals surface area contributed by atoms with Crippen LogP contribution >= 0.6 is 0 Å². The fraction of sp³-hybridized carbons (Fsp3) is 0.909. The van der Waals surface area contributed by atoms with Gasteiger partial charge in [0, 0.05) is 19.6 Å². The summed E-state index contributed by atoms with van der Waals surface area (Å²) in [6, 6.07) is 0. The molecular formula is C11H22N2O2. The molecule has 4 heteroatoms. The lowest BCUT2D eigenvalue weighted by Crippen LogP contribution is -2.33. The van der Waals surface area contributed by atoms with Gasteiger partial charge in [-0.15, -0.1) is 0 Å². The van der Waals surface area contributed by atoms with Gasteiger partial charge in [0.15, 0.2) is 0 Å². The van der Waals surface area contributed by atoms with E-state index in [0.29, 0.717) is 18.4 Å². The second-order valence-corrected chi connectivity index (χ2v) is 4.77. The van der Waals surface area contributed by atoms with E-state index in [-0.39, 0.29) is 5.91 Å². The number of nitrogens with zero attached hydrogens (tertiary/aromatic N) is 1. The maximum absolute atomic E-state index is 10.9. The van der Waals surface area contributed by atoms with Crippen LogP contribution in [-0.2, 0) is 4.79 Å². The van der Waals surface area contributed by atoms with E-state index in [1.807, 2.05) is 0 Å². The number of aliphatic hydroxyl groups excluding tert-OH is 1. The molecule has 2 N–H and O–H groups in total. The summed E-state index contributed by atoms with van der Waals surface area (Å²) in [6.07, 6.45) is 1.15. The predicted molar refractivity (Wildman–Crippen MR) is 59.5 cm³/mol. The molecule has 1 atom stereocenters. The zero-order chi connectivity index (χ0) is 11.3. The molecule has 88 valence electrons. The first kappa shape index (κ1) is 12.5. The minimum Gasteiger partial charge on any atom is -0.387 e. The van der Waals surface area contributed by atoms with Gasteiger partial charge < -0.3 is 15.3 Å². The van der Waals surface area contributed by atoms with Crippen LogP contribution in [0.15, 0.2) is 0 Å². The normalized spacial score (nSPS) is 22.3. The third-order valence-corrected chi connectivity index (χ3v) is 2.72. The van der Waals surface area contributed by atoms with Crippen molar-refractivity contribution >= 4 is 5.91 Å². The van der Waals surface area contributed by atoms with Crippen molar-refractivity contribution < 1.29 is 9.90 Å². The molecule has 1 aliphatic heterocycles. The predicted octanol–water partition coefficient (Wildman–Crippen LogP) is 0.0728. The number of nitrogens with one attached hydrogen (secondary N) is 1. The first-order valence-electron chi connectivity index (χ1n) is 5.71. The van der Waals surface area contributed by atoms with Crippen LogP contribution in [0.5, 0.6) is 0 Å². The number of rotatable bonds is 5. The number of amides is 1. The Balaban J connectivity index is 2.16. The van der Waals surface area contributed by atoms with E-state index in [1.54, 1.807) is 0 Å². The quantitative estimate of drug-likeness (QED) is 0.681. The van der Waals surface area contributed by atoms with Crippen molar-refractivity contribution in [3.05, 3.63) is 0 Å². The topological polar surface area (TPSA) is 52.6 Å². The van der Waals surface area contributed by atoms with Crippen molar-refractivity contribution in [3.63, 3.8) is 0 Å². The largest absolute Gasteiger partial charge is 0.387 e. The molecule has 0 radical (unpaired) electrons. The molecule has 1 heterocycles. The number of hydrogen-bond donors (Lipinski definition) is 2. The van der Waals surface area contributed by atoms with Gasteiger partial charge in [0.25, 0.3) is 0 Å². The second kappa shape index (κ2) is 6.08. The summed E-state index contributed by atoms with van der Waals surface area (Å²) in [5.74, 6) is 0.993. The summed E-state index contributed by atoms with van der Waals surface area (Å²) in [6.45, 7) is 8.10. The standard InChI is InChI=1S/C11H22N2O2/c1-9(2)6-13-4-3-10(7-13)5-12-11(15)8-14/h9-10,14H,3-8H2,1-2H3,(H,12,15)/t10-/m0/s1. The maximum Gasteiger partial charge on any atom is 0.245 e. The van der Waals surface area contributed by atoms with Crippen LogP contribution in [0.4, 0.5) is 0 Å². The Morgan fingerprint density at radius 3 is 2.93 bits per heavy atom. The minimum atomic E-state index is -0.400. The molecule has 0 bridgehead atoms. The average molecular weight is 214 g/mol. The van der Waals surface area contributed by atoms with Crippen LogP contribution in [0.1, 0.15) is 20.3 Å². The van der Waals surface area contributed by atoms with Crippen molar-refractivity contribution in [1.29, 1.82) is 0 Å². The fourth-order valence-electron chi connectivity index (χ4n) is 2.08. The molecule has 1 rings (SSSR count). The Hall–Kier alpha value is -0.610. The molecule has 1 aliphatic rings. The van der Waals surface area contributed by atoms with E-state index < -0.39 is 6.61 Å². The van der Waals surface area contributed by atoms with Crippen molar-refractivity contribution in [1.82, 2.24) is 10.2 Å². The van der Waals surface area contributed by atoms with Crippen LogP contribution < -0.4 is 5.32 Å². The van der Waals surface area contributed by atoms with E-state index in [0.717, 1.165) is 26.1 Å². The van der Waals surface area contributed by atoms with Crippen LogP contribution in [0.2, 0.25) is 0 Å². The van der Waals surface area contributed by atoms with Gasteiger partial charge >= 0.3 is 0 Å². The lowest BCUT2D eigenvalue weighted by atomic mass is 10.1. The Labute approximate surface area is 91.6 Å². The molecule has 0 spiro atoms. The molecule has 0 aromatic carbocycles. The smallest absolute Gasteiger partial charge is 0.245 e. The van der Waals surface area contributed by atoms with Crippen LogP contribution in [0.3, 0.4) is 0 Å². The van der Waals surface area contributed by atoms with E-state index in [1.165, 1.54) is 0 Å². The Morgan fingerprint density at radius 1 is 1.60 bits per heavy atom. The lowest BCUT2D eigenvalue weighted by molar-refractivity contribution is -0.123. The number of likely N-dealkylation sites (tertiary alicyclic amines) is 1. The molecule has 0 aliphatic carbocycles. The highest BCUT2D eigenvalue weighted by Gasteiger charge is 2.22. The number of aliphatic hydroxyl groups is 1. The lowest BCUT2D eigenvalue weighted by Gasteiger charge is -2.18. The first-order chi connectivity index (χ1) is 7.11. The molecule has 0 unspecified atom stereocenters. The van der Waals surface area contributed by atoms with Gasteiger partial charge in [-0.2, -0.15) is 0 Å². The van der Waals surface area contributed by atoms with E-state index in [9.17, 15) is 4.79 Å². The third kappa shape index (κ3) is 4.62. The molecule has 4 nitrogen and oxygen atoms in total. The van der Waals surface area contributed by atoms with E-state index >= 15 is 0 Å². The van der Waals surface area contributed by atoms with Gasteiger partial charge in [-0.1, -0.05) is 13.8 Å². The molecular weight excluding hydrogens is 192 g/mol. The monoisotopic (exact) mass is 214 g/mol. The number of hydrogen-bond acceptors (Lipinski definition) is 3. The zero-order valence-electron chi connectivity index (χ0n) is 9.70. The molecule has 1 amide bonds. The Morgan fingerprint density at radius 2 is 2.33 bits per heavy atom. The van der Waals surface area contributed by atoms with Gasteiger partial charge in [-0.3, -0.25) is 4.79 Å². The molecule has 0 aromatic heterocycles. The highest BCUT2D eigenvalue weighted by Crippen LogP contribution is 2.16. The van der Waals surface area contributed by atoms with Gasteiger partial charge in [-0.05, 0) is 24.8 Å². The van der Waals surface area contributed by atoms with Gasteiger partial charge in [0.2, 0.25) is 5.91 Å². The summed E-state index contributed by atoms with van der Waals surface area (Å²) in [5, 5.41) is 11.3. The van der Waals surface area contributed by atoms with Crippen molar-refractivity contribution in [2.75, 3.05) is 32.8 Å². The third-order valence-electron chi connectivity index (χ3n) is 2.72. The van der Waals surface area contributed by atoms with Crippen molar-refractivity contribution in [2.24, 2.45) is 11.8 Å². The van der Waals surface area contributed by atoms with E-state index in [4.69, 9.17) is 5.11 Å².